The van der Waals surface area contributed by atoms with E-state index in [4.69, 9.17) is 16.3 Å². The Labute approximate surface area is 133 Å². The number of thiazole rings is 1. The Balaban J connectivity index is 0.00000147. The first-order valence-corrected chi connectivity index (χ1v) is 7.61. The van der Waals surface area contributed by atoms with E-state index < -0.39 is 0 Å². The lowest BCUT2D eigenvalue weighted by Crippen LogP contribution is -2.16. The van der Waals surface area contributed by atoms with E-state index in [-0.39, 0.29) is 12.4 Å². The largest absolute Gasteiger partial charge is 0.486 e. The van der Waals surface area contributed by atoms with Gasteiger partial charge in [-0.25, -0.2) is 0 Å². The Morgan fingerprint density at radius 1 is 1.30 bits per heavy atom. The van der Waals surface area contributed by atoms with Crippen molar-refractivity contribution in [3.05, 3.63) is 44.9 Å². The lowest BCUT2D eigenvalue weighted by atomic mass is 10.0. The van der Waals surface area contributed by atoms with Crippen molar-refractivity contribution in [2.24, 2.45) is 0 Å². The van der Waals surface area contributed by atoms with Gasteiger partial charge >= 0.3 is 0 Å². The average Bonchev–Trinajstić information content (AvgIpc) is 2.82. The zero-order valence-electron chi connectivity index (χ0n) is 10.9. The van der Waals surface area contributed by atoms with Gasteiger partial charge in [0.05, 0.1) is 15.4 Å². The average molecular weight is 331 g/mol. The van der Waals surface area contributed by atoms with E-state index in [2.05, 4.69) is 16.4 Å². The number of halogens is 2. The van der Waals surface area contributed by atoms with E-state index in [0.717, 1.165) is 36.6 Å². The van der Waals surface area contributed by atoms with E-state index in [0.29, 0.717) is 11.6 Å². The third-order valence-electron chi connectivity index (χ3n) is 3.27. The molecule has 2 aromatic rings. The lowest BCUT2D eigenvalue weighted by Gasteiger charge is -2.14. The van der Waals surface area contributed by atoms with Gasteiger partial charge in [-0.1, -0.05) is 17.7 Å². The summed E-state index contributed by atoms with van der Waals surface area (Å²) in [5, 5.41) is 4.10. The first-order valence-electron chi connectivity index (χ1n) is 6.36. The normalized spacial score (nSPS) is 14.1. The number of hydrogen-bond donors (Lipinski definition) is 1. The summed E-state index contributed by atoms with van der Waals surface area (Å²) in [6.45, 7) is 2.53. The van der Waals surface area contributed by atoms with Crippen LogP contribution in [0, 0.1) is 0 Å². The molecule has 0 radical (unpaired) electrons. The second-order valence-electron chi connectivity index (χ2n) is 4.52. The maximum absolute atomic E-state index is 6.30. The van der Waals surface area contributed by atoms with Crippen molar-refractivity contribution in [2.75, 3.05) is 13.1 Å². The zero-order valence-corrected chi connectivity index (χ0v) is 13.3. The SMILES string of the molecule is Cl.Clc1ccc2c(c1OCc1cncs1)CCNCC2. The molecule has 0 fully saturated rings. The molecule has 108 valence electrons. The van der Waals surface area contributed by atoms with Crippen molar-refractivity contribution in [3.63, 3.8) is 0 Å². The molecule has 1 aromatic heterocycles. The van der Waals surface area contributed by atoms with Crippen molar-refractivity contribution >= 4 is 35.3 Å². The zero-order chi connectivity index (χ0) is 13.1. The highest BCUT2D eigenvalue weighted by atomic mass is 35.5. The molecule has 0 atom stereocenters. The van der Waals surface area contributed by atoms with Gasteiger partial charge in [-0.2, -0.15) is 0 Å². The topological polar surface area (TPSA) is 34.1 Å². The van der Waals surface area contributed by atoms with Crippen LogP contribution in [0.5, 0.6) is 5.75 Å². The van der Waals surface area contributed by atoms with Crippen LogP contribution in [-0.2, 0) is 19.4 Å². The predicted octanol–water partition coefficient (Wildman–Crippen LogP) is 3.49. The molecule has 1 aromatic carbocycles. The van der Waals surface area contributed by atoms with Crippen LogP contribution in [0.3, 0.4) is 0 Å². The summed E-state index contributed by atoms with van der Waals surface area (Å²) in [4.78, 5) is 5.17. The van der Waals surface area contributed by atoms with Crippen molar-refractivity contribution in [3.8, 4) is 5.75 Å². The first-order chi connectivity index (χ1) is 9.34. The van der Waals surface area contributed by atoms with Gasteiger partial charge in [0, 0.05) is 11.8 Å². The van der Waals surface area contributed by atoms with E-state index in [1.807, 2.05) is 17.8 Å². The molecule has 0 saturated carbocycles. The molecule has 0 saturated heterocycles. The molecule has 1 aliphatic rings. The van der Waals surface area contributed by atoms with E-state index in [1.54, 1.807) is 11.3 Å². The number of fused-ring (bicyclic) bond motifs is 1. The second-order valence-corrected chi connectivity index (χ2v) is 5.90. The minimum atomic E-state index is 0. The van der Waals surface area contributed by atoms with Gasteiger partial charge in [0.15, 0.2) is 0 Å². The molecule has 0 spiro atoms. The molecule has 3 rings (SSSR count). The van der Waals surface area contributed by atoms with Gasteiger partial charge in [0.25, 0.3) is 0 Å². The van der Waals surface area contributed by atoms with Crippen LogP contribution in [0.4, 0.5) is 0 Å². The Kier molecular flexibility index (Phi) is 5.66. The molecular formula is C14H16Cl2N2OS. The highest BCUT2D eigenvalue weighted by Crippen LogP contribution is 2.33. The van der Waals surface area contributed by atoms with Crippen molar-refractivity contribution in [1.29, 1.82) is 0 Å². The molecule has 0 amide bonds. The lowest BCUT2D eigenvalue weighted by molar-refractivity contribution is 0.306. The third-order valence-corrected chi connectivity index (χ3v) is 4.33. The van der Waals surface area contributed by atoms with Crippen LogP contribution < -0.4 is 10.1 Å². The van der Waals surface area contributed by atoms with Gasteiger partial charge in [0.2, 0.25) is 0 Å². The van der Waals surface area contributed by atoms with Gasteiger partial charge in [-0.3, -0.25) is 4.98 Å². The fraction of sp³-hybridized carbons (Fsp3) is 0.357. The Morgan fingerprint density at radius 3 is 2.95 bits per heavy atom. The summed E-state index contributed by atoms with van der Waals surface area (Å²) < 4.78 is 5.95. The summed E-state index contributed by atoms with van der Waals surface area (Å²) in [5.41, 5.74) is 4.41. The minimum Gasteiger partial charge on any atom is -0.486 e. The van der Waals surface area contributed by atoms with Crippen LogP contribution in [0.25, 0.3) is 0 Å². The molecule has 20 heavy (non-hydrogen) atoms. The molecule has 1 N–H and O–H groups in total. The molecule has 3 nitrogen and oxygen atoms in total. The number of hydrogen-bond acceptors (Lipinski definition) is 4. The molecule has 0 bridgehead atoms. The fourth-order valence-electron chi connectivity index (χ4n) is 2.32. The maximum atomic E-state index is 6.30. The van der Waals surface area contributed by atoms with Crippen LogP contribution in [0.15, 0.2) is 23.8 Å². The summed E-state index contributed by atoms with van der Waals surface area (Å²) in [6, 6.07) is 4.05. The van der Waals surface area contributed by atoms with Crippen molar-refractivity contribution in [2.45, 2.75) is 19.4 Å². The van der Waals surface area contributed by atoms with Crippen molar-refractivity contribution in [1.82, 2.24) is 10.3 Å². The highest BCUT2D eigenvalue weighted by molar-refractivity contribution is 7.09. The van der Waals surface area contributed by atoms with Gasteiger partial charge in [-0.05, 0) is 37.6 Å². The quantitative estimate of drug-likeness (QED) is 0.935. The molecule has 0 aliphatic carbocycles. The standard InChI is InChI=1S/C14H15ClN2OS.ClH/c15-13-2-1-10-3-5-16-6-4-12(10)14(13)18-8-11-7-17-9-19-11;/h1-2,7,9,16H,3-6,8H2;1H. The van der Waals surface area contributed by atoms with Crippen molar-refractivity contribution < 1.29 is 4.74 Å². The third kappa shape index (κ3) is 3.44. The van der Waals surface area contributed by atoms with Gasteiger partial charge < -0.3 is 10.1 Å². The van der Waals surface area contributed by atoms with Crippen LogP contribution >= 0.6 is 35.3 Å². The van der Waals surface area contributed by atoms with Crippen LogP contribution in [-0.4, -0.2) is 18.1 Å². The molecule has 1 aliphatic heterocycles. The van der Waals surface area contributed by atoms with E-state index in [1.165, 1.54) is 11.1 Å². The monoisotopic (exact) mass is 330 g/mol. The first kappa shape index (κ1) is 15.6. The number of nitrogens with zero attached hydrogens (tertiary/aromatic N) is 1. The van der Waals surface area contributed by atoms with Gasteiger partial charge in [-0.15, -0.1) is 23.7 Å². The van der Waals surface area contributed by atoms with Crippen LogP contribution in [0.2, 0.25) is 5.02 Å². The van der Waals surface area contributed by atoms with Crippen LogP contribution in [0.1, 0.15) is 16.0 Å². The predicted molar refractivity (Wildman–Crippen MR) is 85.4 cm³/mol. The highest BCUT2D eigenvalue weighted by Gasteiger charge is 2.16. The fourth-order valence-corrected chi connectivity index (χ4v) is 3.06. The molecule has 6 heteroatoms. The van der Waals surface area contributed by atoms with E-state index >= 15 is 0 Å². The number of aromatic nitrogens is 1. The summed E-state index contributed by atoms with van der Waals surface area (Å²) in [7, 11) is 0. The number of benzene rings is 1. The molecule has 2 heterocycles. The molecular weight excluding hydrogens is 315 g/mol. The van der Waals surface area contributed by atoms with E-state index in [9.17, 15) is 0 Å². The van der Waals surface area contributed by atoms with Gasteiger partial charge in [0.1, 0.15) is 12.4 Å². The Morgan fingerprint density at radius 2 is 2.15 bits per heavy atom. The summed E-state index contributed by atoms with van der Waals surface area (Å²) >= 11 is 7.90. The minimum absolute atomic E-state index is 0. The summed E-state index contributed by atoms with van der Waals surface area (Å²) in [6.07, 6.45) is 3.83. The Bertz CT molecular complexity index is 561. The smallest absolute Gasteiger partial charge is 0.141 e. The molecule has 0 unspecified atom stereocenters. The maximum Gasteiger partial charge on any atom is 0.141 e. The second kappa shape index (κ2) is 7.27. The summed E-state index contributed by atoms with van der Waals surface area (Å²) in [5.74, 6) is 0.844. The Hall–Kier alpha value is -0.810. The number of rotatable bonds is 3. The number of ether oxygens (including phenoxy) is 1. The number of nitrogens with one attached hydrogen (secondary N) is 1.